The van der Waals surface area contributed by atoms with E-state index in [0.717, 1.165) is 124 Å². The lowest BCUT2D eigenvalue weighted by Crippen LogP contribution is -3.00. The van der Waals surface area contributed by atoms with Gasteiger partial charge in [0.15, 0.2) is 12.3 Å². The van der Waals surface area contributed by atoms with Gasteiger partial charge in [0.25, 0.3) is 0 Å². The fourth-order valence-corrected chi connectivity index (χ4v) is 11.2. The van der Waals surface area contributed by atoms with Gasteiger partial charge in [-0.05, 0) is 101 Å². The van der Waals surface area contributed by atoms with E-state index in [-0.39, 0.29) is 58.5 Å². The van der Waals surface area contributed by atoms with Crippen molar-refractivity contribution in [3.63, 3.8) is 0 Å². The van der Waals surface area contributed by atoms with Gasteiger partial charge >= 0.3 is 11.9 Å². The maximum Gasteiger partial charge on any atom is 0.309 e. The van der Waals surface area contributed by atoms with E-state index < -0.39 is 11.9 Å². The number of nitrogens with zero attached hydrogens (tertiary/aromatic N) is 2. The van der Waals surface area contributed by atoms with Crippen LogP contribution in [0.15, 0.2) is 82.6 Å². The Hall–Kier alpha value is -3.17. The molecule has 1 atom stereocenters. The van der Waals surface area contributed by atoms with Gasteiger partial charge in [0.2, 0.25) is 5.69 Å². The standard InChI is InChI=1S/C58H83ClN2O4.HI/c1-12-17-31-57(32-18-13-2)46-39-44(55(6,7)8)23-25-48(46)60(35-29-52(62)63)50(57)27-21-42-37-41(16-5)38-43(54(42)59)22-28-51-58(33-19-14-3,34-20-15-4)47-40-45(56(9,10)11)24-26-49(47)61(51)36-30-53(64)65;/h21-28,39-41H,12-20,29-38H2,1-11H3,(H-,62,63,64,65);1H. The molecule has 2 aromatic rings. The van der Waals surface area contributed by atoms with E-state index >= 15 is 0 Å². The molecule has 0 amide bonds. The first kappa shape index (κ1) is 55.4. The zero-order valence-electron chi connectivity index (χ0n) is 42.6. The highest BCUT2D eigenvalue weighted by atomic mass is 127. The first-order valence-corrected chi connectivity index (χ1v) is 25.8. The fraction of sp³-hybridized carbons (Fsp3) is 0.603. The molecule has 2 heterocycles. The second-order valence-electron chi connectivity index (χ2n) is 21.6. The minimum absolute atomic E-state index is 0. The zero-order chi connectivity index (χ0) is 47.7. The number of allylic oxidation sites excluding steroid dienone is 8. The van der Waals surface area contributed by atoms with Crippen LogP contribution in [0.1, 0.15) is 208 Å². The van der Waals surface area contributed by atoms with Gasteiger partial charge in [-0.15, -0.1) is 0 Å². The smallest absolute Gasteiger partial charge is 0.309 e. The summed E-state index contributed by atoms with van der Waals surface area (Å²) in [5.41, 5.74) is 11.7. The predicted molar refractivity (Wildman–Crippen MR) is 275 cm³/mol. The monoisotopic (exact) mass is 1030 g/mol. The van der Waals surface area contributed by atoms with Crippen LogP contribution >= 0.6 is 11.6 Å². The molecule has 0 radical (unpaired) electrons. The van der Waals surface area contributed by atoms with Gasteiger partial charge in [0, 0.05) is 46.1 Å². The molecule has 2 aliphatic heterocycles. The van der Waals surface area contributed by atoms with Crippen molar-refractivity contribution in [3.05, 3.63) is 105 Å². The minimum atomic E-state index is -0.788. The molecule has 2 N–H and O–H groups in total. The lowest BCUT2D eigenvalue weighted by molar-refractivity contribution is -0.436. The van der Waals surface area contributed by atoms with E-state index in [1.165, 1.54) is 33.7 Å². The second kappa shape index (κ2) is 23.9. The number of hydrogen-bond donors (Lipinski definition) is 2. The summed E-state index contributed by atoms with van der Waals surface area (Å²) in [6.07, 6.45) is 24.8. The van der Waals surface area contributed by atoms with Gasteiger partial charge in [0.05, 0.1) is 11.8 Å². The number of rotatable bonds is 22. The minimum Gasteiger partial charge on any atom is -1.00 e. The summed E-state index contributed by atoms with van der Waals surface area (Å²) < 4.78 is 2.33. The Morgan fingerprint density at radius 1 is 0.727 bits per heavy atom. The van der Waals surface area contributed by atoms with Crippen LogP contribution in [0.4, 0.5) is 11.4 Å². The van der Waals surface area contributed by atoms with Crippen LogP contribution in [0.3, 0.4) is 0 Å². The van der Waals surface area contributed by atoms with E-state index in [9.17, 15) is 19.8 Å². The van der Waals surface area contributed by atoms with Crippen LogP contribution in [0.2, 0.25) is 0 Å². The normalized spacial score (nSPS) is 19.3. The fourth-order valence-electron chi connectivity index (χ4n) is 10.9. The Bertz CT molecular complexity index is 2160. The lowest BCUT2D eigenvalue weighted by atomic mass is 9.69. The van der Waals surface area contributed by atoms with Crippen LogP contribution in [0, 0.1) is 5.92 Å². The molecule has 1 aliphatic carbocycles. The molecule has 3 aliphatic rings. The molecule has 1 unspecified atom stereocenters. The first-order valence-electron chi connectivity index (χ1n) is 25.5. The first-order chi connectivity index (χ1) is 30.8. The third-order valence-corrected chi connectivity index (χ3v) is 15.4. The molecular formula is C58H84ClIN2O4. The van der Waals surface area contributed by atoms with Gasteiger partial charge in [-0.3, -0.25) is 9.59 Å². The largest absolute Gasteiger partial charge is 1.00 e. The third kappa shape index (κ3) is 12.3. The molecule has 0 saturated heterocycles. The average molecular weight is 1040 g/mol. The van der Waals surface area contributed by atoms with Crippen LogP contribution in [-0.2, 0) is 31.2 Å². The van der Waals surface area contributed by atoms with Gasteiger partial charge in [0.1, 0.15) is 6.42 Å². The Morgan fingerprint density at radius 3 is 1.77 bits per heavy atom. The number of fused-ring (bicyclic) bond motifs is 2. The topological polar surface area (TPSA) is 80.9 Å². The molecule has 6 nitrogen and oxygen atoms in total. The number of benzene rings is 2. The molecule has 364 valence electrons. The molecular weight excluding hydrogens is 951 g/mol. The van der Waals surface area contributed by atoms with Crippen molar-refractivity contribution in [1.29, 1.82) is 0 Å². The predicted octanol–water partition coefficient (Wildman–Crippen LogP) is 12.8. The second-order valence-corrected chi connectivity index (χ2v) is 22.0. The van der Waals surface area contributed by atoms with E-state index in [0.29, 0.717) is 19.0 Å². The highest BCUT2D eigenvalue weighted by Crippen LogP contribution is 2.55. The molecule has 0 bridgehead atoms. The summed E-state index contributed by atoms with van der Waals surface area (Å²) in [7, 11) is 0. The highest BCUT2D eigenvalue weighted by Gasteiger charge is 2.51. The van der Waals surface area contributed by atoms with Crippen molar-refractivity contribution in [1.82, 2.24) is 0 Å². The maximum atomic E-state index is 12.2. The zero-order valence-corrected chi connectivity index (χ0v) is 45.6. The SMILES string of the molecule is CCCCC1(CCCC)C(/C=C/C2=C(Cl)C(=C/C=C3/N(CCC(=O)O)c4ccc(C(C)(C)C)cc4C3(CCCC)CCCC)/CC(CC)C2)=[N+](CCC(=O)O)c2ccc(C(C)(C)C)cc21.[I-]. The molecule has 0 saturated carbocycles. The number of anilines is 1. The van der Waals surface area contributed by atoms with E-state index in [2.05, 4.69) is 146 Å². The Labute approximate surface area is 422 Å². The maximum absolute atomic E-state index is 12.2. The van der Waals surface area contributed by atoms with Crippen molar-refractivity contribution in [3.8, 4) is 0 Å². The summed E-state index contributed by atoms with van der Waals surface area (Å²) in [5.74, 6) is -1.16. The number of unbranched alkanes of at least 4 members (excludes halogenated alkanes) is 4. The van der Waals surface area contributed by atoms with Crippen LogP contribution < -0.4 is 28.9 Å². The Balaban J connectivity index is 0.00000952. The van der Waals surface area contributed by atoms with Gasteiger partial charge in [-0.1, -0.05) is 176 Å². The van der Waals surface area contributed by atoms with Crippen LogP contribution in [0.25, 0.3) is 0 Å². The van der Waals surface area contributed by atoms with E-state index in [4.69, 9.17) is 11.6 Å². The van der Waals surface area contributed by atoms with Gasteiger partial charge in [-0.2, -0.15) is 4.58 Å². The van der Waals surface area contributed by atoms with Gasteiger partial charge < -0.3 is 39.1 Å². The number of carboxylic acids is 2. The van der Waals surface area contributed by atoms with Crippen molar-refractivity contribution >= 4 is 40.6 Å². The average Bonchev–Trinajstić information content (AvgIpc) is 3.67. The Morgan fingerprint density at radius 2 is 1.26 bits per heavy atom. The van der Waals surface area contributed by atoms with E-state index in [1.807, 2.05) is 0 Å². The van der Waals surface area contributed by atoms with Crippen molar-refractivity contribution < 1.29 is 48.4 Å². The number of halogens is 2. The molecule has 2 aromatic carbocycles. The summed E-state index contributed by atoms with van der Waals surface area (Å²) in [6, 6.07) is 13.9. The highest BCUT2D eigenvalue weighted by molar-refractivity contribution is 6.32. The quantitative estimate of drug-likeness (QED) is 0.0907. The molecule has 0 spiro atoms. The number of carboxylic acid groups (broad SMARTS) is 2. The third-order valence-electron chi connectivity index (χ3n) is 14.9. The molecule has 0 fully saturated rings. The van der Waals surface area contributed by atoms with Crippen LogP contribution in [-0.4, -0.2) is 45.5 Å². The number of aliphatic carboxylic acids is 2. The summed E-state index contributed by atoms with van der Waals surface area (Å²) in [6.45, 7) is 25.8. The van der Waals surface area contributed by atoms with Gasteiger partial charge in [-0.25, -0.2) is 0 Å². The molecule has 5 rings (SSSR count). The van der Waals surface area contributed by atoms with Crippen molar-refractivity contribution in [2.24, 2.45) is 5.92 Å². The van der Waals surface area contributed by atoms with Crippen LogP contribution in [0.5, 0.6) is 0 Å². The number of hydrogen-bond acceptors (Lipinski definition) is 3. The molecule has 0 aromatic heterocycles. The number of carbonyl (C=O) groups is 2. The molecule has 66 heavy (non-hydrogen) atoms. The Kier molecular flexibility index (Phi) is 20.1. The lowest BCUT2D eigenvalue weighted by Gasteiger charge is -2.35. The summed E-state index contributed by atoms with van der Waals surface area (Å²) in [5, 5.41) is 20.8. The van der Waals surface area contributed by atoms with Crippen molar-refractivity contribution in [2.75, 3.05) is 18.0 Å². The van der Waals surface area contributed by atoms with E-state index in [1.54, 1.807) is 0 Å². The van der Waals surface area contributed by atoms with Crippen molar-refractivity contribution in [2.45, 2.75) is 207 Å². The molecule has 8 heteroatoms. The summed E-state index contributed by atoms with van der Waals surface area (Å²) in [4.78, 5) is 26.7. The summed E-state index contributed by atoms with van der Waals surface area (Å²) >= 11 is 7.66.